The molecule has 0 unspecified atom stereocenters. The van der Waals surface area contributed by atoms with Crippen LogP contribution < -0.4 is 0 Å². The number of aryl methyl sites for hydroxylation is 1. The van der Waals surface area contributed by atoms with Gasteiger partial charge in [0.2, 0.25) is 0 Å². The lowest BCUT2D eigenvalue weighted by Gasteiger charge is -2.04. The van der Waals surface area contributed by atoms with Crippen LogP contribution in [0.2, 0.25) is 10.0 Å². The predicted molar refractivity (Wildman–Crippen MR) is 94.1 cm³/mol. The van der Waals surface area contributed by atoms with Crippen molar-refractivity contribution in [2.45, 2.75) is 6.92 Å². The molecule has 3 nitrogen and oxygen atoms in total. The first-order valence-electron chi connectivity index (χ1n) is 6.94. The molecule has 0 bridgehead atoms. The van der Waals surface area contributed by atoms with Crippen molar-refractivity contribution in [1.29, 1.82) is 0 Å². The first-order valence-corrected chi connectivity index (χ1v) is 7.70. The van der Waals surface area contributed by atoms with Gasteiger partial charge in [-0.05, 0) is 55.0 Å². The Morgan fingerprint density at radius 2 is 2.00 bits per heavy atom. The summed E-state index contributed by atoms with van der Waals surface area (Å²) in [4.78, 5) is 21.0. The zero-order valence-electron chi connectivity index (χ0n) is 12.3. The van der Waals surface area contributed by atoms with Gasteiger partial charge in [0.1, 0.15) is 0 Å². The maximum atomic E-state index is 12.4. The zero-order valence-corrected chi connectivity index (χ0v) is 13.8. The molecule has 0 saturated carbocycles. The highest BCUT2D eigenvalue weighted by molar-refractivity contribution is 6.35. The van der Waals surface area contributed by atoms with Crippen LogP contribution in [0.25, 0.3) is 17.1 Å². The van der Waals surface area contributed by atoms with Gasteiger partial charge in [0.15, 0.2) is 11.4 Å². The molecule has 2 aromatic heterocycles. The minimum absolute atomic E-state index is 0.133. The van der Waals surface area contributed by atoms with E-state index in [4.69, 9.17) is 23.2 Å². The topological polar surface area (TPSA) is 42.9 Å². The molecule has 3 rings (SSSR count). The Kier molecular flexibility index (Phi) is 4.42. The molecule has 114 valence electrons. The van der Waals surface area contributed by atoms with E-state index in [-0.39, 0.29) is 5.78 Å². The van der Waals surface area contributed by atoms with Crippen LogP contribution in [0.5, 0.6) is 0 Å². The van der Waals surface area contributed by atoms with Crippen molar-refractivity contribution < 1.29 is 4.79 Å². The highest BCUT2D eigenvalue weighted by Gasteiger charge is 2.10. The van der Waals surface area contributed by atoms with E-state index < -0.39 is 0 Å². The van der Waals surface area contributed by atoms with Crippen LogP contribution in [0.15, 0.2) is 48.7 Å². The normalized spacial score (nSPS) is 11.3. The summed E-state index contributed by atoms with van der Waals surface area (Å²) in [5.74, 6) is -0.133. The number of hydrogen-bond donors (Lipinski definition) is 0. The summed E-state index contributed by atoms with van der Waals surface area (Å²) in [6.07, 6.45) is 4.84. The number of benzene rings is 1. The van der Waals surface area contributed by atoms with Gasteiger partial charge in [-0.1, -0.05) is 29.3 Å². The Labute approximate surface area is 143 Å². The predicted octanol–water partition coefficient (Wildman–Crippen LogP) is 5.14. The van der Waals surface area contributed by atoms with Crippen molar-refractivity contribution in [3.05, 3.63) is 75.5 Å². The Bertz CT molecular complexity index is 935. The third-order valence-electron chi connectivity index (χ3n) is 3.42. The first kappa shape index (κ1) is 15.7. The average molecular weight is 343 g/mol. The summed E-state index contributed by atoms with van der Waals surface area (Å²) in [5, 5.41) is 1.89. The van der Waals surface area contributed by atoms with E-state index in [1.54, 1.807) is 43.5 Å². The largest absolute Gasteiger partial charge is 0.289 e. The second kappa shape index (κ2) is 6.49. The van der Waals surface area contributed by atoms with Gasteiger partial charge in [0.05, 0.1) is 5.69 Å². The van der Waals surface area contributed by atoms with Crippen LogP contribution in [0.4, 0.5) is 0 Å². The monoisotopic (exact) mass is 342 g/mol. The number of allylic oxidation sites excluding steroid dienone is 1. The molecule has 1 aromatic carbocycles. The molecule has 3 aromatic rings. The van der Waals surface area contributed by atoms with Gasteiger partial charge < -0.3 is 0 Å². The number of fused-ring (bicyclic) bond motifs is 1. The van der Waals surface area contributed by atoms with E-state index in [0.29, 0.717) is 26.9 Å². The molecule has 0 fully saturated rings. The Hall–Kier alpha value is -2.23. The number of hydrogen-bond acceptors (Lipinski definition) is 3. The summed E-state index contributed by atoms with van der Waals surface area (Å²) < 4.78 is 0. The molecule has 23 heavy (non-hydrogen) atoms. The fraction of sp³-hybridized carbons (Fsp3) is 0.0556. The fourth-order valence-electron chi connectivity index (χ4n) is 2.24. The van der Waals surface area contributed by atoms with Crippen LogP contribution in [0.3, 0.4) is 0 Å². The molecule has 0 saturated heterocycles. The Morgan fingerprint density at radius 1 is 1.17 bits per heavy atom. The Morgan fingerprint density at radius 3 is 2.78 bits per heavy atom. The highest BCUT2D eigenvalue weighted by atomic mass is 35.5. The van der Waals surface area contributed by atoms with Crippen molar-refractivity contribution in [3.8, 4) is 0 Å². The lowest BCUT2D eigenvalue weighted by Crippen LogP contribution is -2.01. The summed E-state index contributed by atoms with van der Waals surface area (Å²) in [6.45, 7) is 1.80. The van der Waals surface area contributed by atoms with Crippen LogP contribution >= 0.6 is 23.2 Å². The number of ketones is 1. The van der Waals surface area contributed by atoms with Gasteiger partial charge in [-0.2, -0.15) is 0 Å². The molecule has 0 N–H and O–H groups in total. The van der Waals surface area contributed by atoms with E-state index in [0.717, 1.165) is 10.9 Å². The molecule has 2 heterocycles. The maximum absolute atomic E-state index is 12.4. The van der Waals surface area contributed by atoms with Crippen molar-refractivity contribution in [1.82, 2.24) is 9.97 Å². The van der Waals surface area contributed by atoms with E-state index >= 15 is 0 Å². The molecule has 0 atom stereocenters. The van der Waals surface area contributed by atoms with E-state index in [1.807, 2.05) is 12.1 Å². The second-order valence-electron chi connectivity index (χ2n) is 5.03. The number of halogens is 2. The molecule has 0 radical (unpaired) electrons. The van der Waals surface area contributed by atoms with E-state index in [1.165, 1.54) is 6.08 Å². The average Bonchev–Trinajstić information content (AvgIpc) is 2.53. The minimum Gasteiger partial charge on any atom is -0.289 e. The van der Waals surface area contributed by atoms with Gasteiger partial charge in [-0.15, -0.1) is 0 Å². The van der Waals surface area contributed by atoms with Crippen LogP contribution in [-0.2, 0) is 0 Å². The van der Waals surface area contributed by atoms with Crippen LogP contribution in [-0.4, -0.2) is 15.8 Å². The third-order valence-corrected chi connectivity index (χ3v) is 3.98. The summed E-state index contributed by atoms with van der Waals surface area (Å²) in [5.41, 5.74) is 2.56. The van der Waals surface area contributed by atoms with Crippen molar-refractivity contribution >= 4 is 46.1 Å². The smallest absolute Gasteiger partial charge is 0.187 e. The number of carbonyl (C=O) groups excluding carboxylic acids is 1. The number of aromatic nitrogens is 2. The lowest BCUT2D eigenvalue weighted by molar-refractivity contribution is 0.104. The number of pyridine rings is 2. The molecule has 5 heteroatoms. The fourth-order valence-corrected chi connectivity index (χ4v) is 2.71. The molecular weight excluding hydrogens is 331 g/mol. The first-order chi connectivity index (χ1) is 11.0. The SMILES string of the molecule is Cc1nc2ncccc2cc1C(=O)/C=C/c1ccc(Cl)cc1Cl. The lowest BCUT2D eigenvalue weighted by atomic mass is 10.1. The zero-order chi connectivity index (χ0) is 16.4. The van der Waals surface area contributed by atoms with E-state index in [2.05, 4.69) is 9.97 Å². The van der Waals surface area contributed by atoms with Crippen molar-refractivity contribution in [2.75, 3.05) is 0 Å². The van der Waals surface area contributed by atoms with E-state index in [9.17, 15) is 4.79 Å². The van der Waals surface area contributed by atoms with Gasteiger partial charge >= 0.3 is 0 Å². The molecule has 0 aliphatic rings. The Balaban J connectivity index is 1.94. The number of rotatable bonds is 3. The van der Waals surface area contributed by atoms with Crippen molar-refractivity contribution in [2.24, 2.45) is 0 Å². The summed E-state index contributed by atoms with van der Waals surface area (Å²) in [7, 11) is 0. The number of nitrogens with zero attached hydrogens (tertiary/aromatic N) is 2. The van der Waals surface area contributed by atoms with Gasteiger partial charge in [0.25, 0.3) is 0 Å². The second-order valence-corrected chi connectivity index (χ2v) is 5.88. The van der Waals surface area contributed by atoms with Gasteiger partial charge in [-0.3, -0.25) is 4.79 Å². The van der Waals surface area contributed by atoms with Crippen LogP contribution in [0.1, 0.15) is 21.6 Å². The van der Waals surface area contributed by atoms with Crippen LogP contribution in [0, 0.1) is 6.92 Å². The maximum Gasteiger partial charge on any atom is 0.187 e. The standard InChI is InChI=1S/C18H12Cl2N2O/c1-11-15(9-13-3-2-8-21-18(13)22-11)17(23)7-5-12-4-6-14(19)10-16(12)20/h2-10H,1H3/b7-5+. The third kappa shape index (κ3) is 3.41. The minimum atomic E-state index is -0.133. The molecular formula is C18H12Cl2N2O. The van der Waals surface area contributed by atoms with Gasteiger partial charge in [-0.25, -0.2) is 9.97 Å². The number of carbonyl (C=O) groups is 1. The summed E-state index contributed by atoms with van der Waals surface area (Å²) >= 11 is 12.0. The highest BCUT2D eigenvalue weighted by Crippen LogP contribution is 2.22. The molecule has 0 amide bonds. The summed E-state index contributed by atoms with van der Waals surface area (Å²) in [6, 6.07) is 10.6. The molecule has 0 aliphatic carbocycles. The quantitative estimate of drug-likeness (QED) is 0.488. The van der Waals surface area contributed by atoms with Crippen molar-refractivity contribution in [3.63, 3.8) is 0 Å². The van der Waals surface area contributed by atoms with Gasteiger partial charge in [0, 0.05) is 27.2 Å². The molecule has 0 spiro atoms. The molecule has 0 aliphatic heterocycles.